The maximum absolute atomic E-state index is 13.0. The van der Waals surface area contributed by atoms with E-state index in [0.717, 1.165) is 25.0 Å². The summed E-state index contributed by atoms with van der Waals surface area (Å²) in [5.41, 5.74) is 1.65. The van der Waals surface area contributed by atoms with E-state index in [1.54, 1.807) is 11.3 Å². The second-order valence-electron chi connectivity index (χ2n) is 6.43. The fourth-order valence-corrected chi connectivity index (χ4v) is 3.58. The van der Waals surface area contributed by atoms with Crippen molar-refractivity contribution in [1.29, 1.82) is 0 Å². The van der Waals surface area contributed by atoms with E-state index in [1.807, 2.05) is 40.6 Å². The van der Waals surface area contributed by atoms with Crippen LogP contribution in [-0.2, 0) is 13.0 Å². The lowest BCUT2D eigenvalue weighted by Crippen LogP contribution is -2.32. The molecular weight excluding hydrogens is 332 g/mol. The first kappa shape index (κ1) is 16.1. The van der Waals surface area contributed by atoms with Gasteiger partial charge in [0.25, 0.3) is 5.91 Å². The second kappa shape index (κ2) is 7.23. The molecule has 0 radical (unpaired) electrons. The summed E-state index contributed by atoms with van der Waals surface area (Å²) in [7, 11) is 0. The van der Waals surface area contributed by atoms with Crippen LogP contribution in [0.15, 0.2) is 58.4 Å². The molecule has 0 bridgehead atoms. The van der Waals surface area contributed by atoms with Crippen LogP contribution in [0.5, 0.6) is 0 Å². The molecule has 1 saturated carbocycles. The molecule has 128 valence electrons. The quantitative estimate of drug-likeness (QED) is 0.629. The number of amides is 1. The largest absolute Gasteiger partial charge is 0.360 e. The predicted molar refractivity (Wildman–Crippen MR) is 97.7 cm³/mol. The van der Waals surface area contributed by atoms with Crippen molar-refractivity contribution in [2.45, 2.75) is 31.7 Å². The average Bonchev–Trinajstić information content (AvgIpc) is 3.16. The summed E-state index contributed by atoms with van der Waals surface area (Å²) < 4.78 is 5.36. The lowest BCUT2D eigenvalue weighted by Gasteiger charge is -2.21. The number of nitrogens with zero attached hydrogens (tertiary/aromatic N) is 2. The van der Waals surface area contributed by atoms with E-state index in [2.05, 4.69) is 23.4 Å². The summed E-state index contributed by atoms with van der Waals surface area (Å²) in [5, 5.41) is 6.06. The fourth-order valence-electron chi connectivity index (χ4n) is 2.86. The zero-order chi connectivity index (χ0) is 17.1. The molecular formula is C20H20N2O2S. The van der Waals surface area contributed by atoms with E-state index < -0.39 is 0 Å². The van der Waals surface area contributed by atoms with Crippen molar-refractivity contribution < 1.29 is 9.32 Å². The highest BCUT2D eigenvalue weighted by molar-refractivity contribution is 7.09. The monoisotopic (exact) mass is 352 g/mol. The number of thiophene rings is 1. The molecule has 5 heteroatoms. The maximum atomic E-state index is 13.0. The minimum absolute atomic E-state index is 0.0556. The first-order valence-electron chi connectivity index (χ1n) is 8.62. The Labute approximate surface area is 151 Å². The van der Waals surface area contributed by atoms with Gasteiger partial charge >= 0.3 is 0 Å². The smallest absolute Gasteiger partial charge is 0.276 e. The highest BCUT2D eigenvalue weighted by Gasteiger charge is 2.30. The first-order valence-corrected chi connectivity index (χ1v) is 9.50. The summed E-state index contributed by atoms with van der Waals surface area (Å²) in [6.07, 6.45) is 3.09. The minimum atomic E-state index is -0.0556. The van der Waals surface area contributed by atoms with Gasteiger partial charge in [-0.15, -0.1) is 11.3 Å². The molecule has 0 unspecified atom stereocenters. The number of hydrogen-bond acceptors (Lipinski definition) is 4. The highest BCUT2D eigenvalue weighted by Crippen LogP contribution is 2.40. The third-order valence-electron chi connectivity index (χ3n) is 4.45. The van der Waals surface area contributed by atoms with Gasteiger partial charge in [0, 0.05) is 23.4 Å². The van der Waals surface area contributed by atoms with Crippen molar-refractivity contribution in [2.75, 3.05) is 6.54 Å². The van der Waals surface area contributed by atoms with Crippen LogP contribution in [-0.4, -0.2) is 22.5 Å². The van der Waals surface area contributed by atoms with Crippen LogP contribution in [0.3, 0.4) is 0 Å². The predicted octanol–water partition coefficient (Wildman–Crippen LogP) is 4.50. The zero-order valence-electron chi connectivity index (χ0n) is 13.9. The van der Waals surface area contributed by atoms with Crippen LogP contribution >= 0.6 is 11.3 Å². The third-order valence-corrected chi connectivity index (χ3v) is 5.32. The molecule has 4 rings (SSSR count). The fraction of sp³-hybridized carbons (Fsp3) is 0.300. The highest BCUT2D eigenvalue weighted by atomic mass is 32.1. The average molecular weight is 352 g/mol. The Bertz CT molecular complexity index is 823. The molecule has 0 aliphatic heterocycles. The SMILES string of the molecule is O=C(c1cc(C2CC2)on1)N(CCc1ccccc1)Cc1cccs1. The van der Waals surface area contributed by atoms with Crippen LogP contribution in [0.4, 0.5) is 0 Å². The zero-order valence-corrected chi connectivity index (χ0v) is 14.7. The van der Waals surface area contributed by atoms with Gasteiger partial charge in [-0.05, 0) is 36.3 Å². The number of carbonyl (C=O) groups is 1. The van der Waals surface area contributed by atoms with Gasteiger partial charge in [-0.3, -0.25) is 4.79 Å². The normalized spacial score (nSPS) is 13.8. The Kier molecular flexibility index (Phi) is 4.65. The molecule has 0 spiro atoms. The Morgan fingerprint density at radius 2 is 2.04 bits per heavy atom. The van der Waals surface area contributed by atoms with Gasteiger partial charge in [0.15, 0.2) is 5.69 Å². The van der Waals surface area contributed by atoms with Crippen molar-refractivity contribution in [3.05, 3.63) is 75.8 Å². The molecule has 0 saturated heterocycles. The molecule has 3 aromatic rings. The lowest BCUT2D eigenvalue weighted by molar-refractivity contribution is 0.0736. The van der Waals surface area contributed by atoms with Gasteiger partial charge in [-0.1, -0.05) is 41.6 Å². The number of benzene rings is 1. The molecule has 1 amide bonds. The van der Waals surface area contributed by atoms with Gasteiger partial charge in [0.2, 0.25) is 0 Å². The summed E-state index contributed by atoms with van der Waals surface area (Å²) in [6.45, 7) is 1.27. The van der Waals surface area contributed by atoms with E-state index in [9.17, 15) is 4.79 Å². The number of rotatable bonds is 7. The van der Waals surface area contributed by atoms with Gasteiger partial charge in [-0.2, -0.15) is 0 Å². The molecule has 1 aromatic carbocycles. The van der Waals surface area contributed by atoms with Crippen molar-refractivity contribution in [2.24, 2.45) is 0 Å². The topological polar surface area (TPSA) is 46.3 Å². The van der Waals surface area contributed by atoms with Crippen LogP contribution < -0.4 is 0 Å². The molecule has 1 fully saturated rings. The maximum Gasteiger partial charge on any atom is 0.276 e. The van der Waals surface area contributed by atoms with Crippen LogP contribution in [0.1, 0.15) is 45.4 Å². The number of aromatic nitrogens is 1. The molecule has 25 heavy (non-hydrogen) atoms. The van der Waals surface area contributed by atoms with E-state index in [1.165, 1.54) is 10.4 Å². The van der Waals surface area contributed by atoms with Gasteiger partial charge in [-0.25, -0.2) is 0 Å². The van der Waals surface area contributed by atoms with Crippen molar-refractivity contribution in [3.8, 4) is 0 Å². The summed E-state index contributed by atoms with van der Waals surface area (Å²) >= 11 is 1.67. The standard InChI is InChI=1S/C20H20N2O2S/c23-20(18-13-19(24-21-18)16-8-9-16)22(14-17-7-4-12-25-17)11-10-15-5-2-1-3-6-15/h1-7,12-13,16H,8-11,14H2. The van der Waals surface area contributed by atoms with Crippen LogP contribution in [0, 0.1) is 0 Å². The van der Waals surface area contributed by atoms with Crippen molar-refractivity contribution >= 4 is 17.2 Å². The number of carbonyl (C=O) groups excluding carboxylic acids is 1. The van der Waals surface area contributed by atoms with Gasteiger partial charge in [0.05, 0.1) is 6.54 Å². The summed E-state index contributed by atoms with van der Waals surface area (Å²) in [5.74, 6) is 1.26. The van der Waals surface area contributed by atoms with E-state index >= 15 is 0 Å². The van der Waals surface area contributed by atoms with Gasteiger partial charge in [0.1, 0.15) is 5.76 Å². The lowest BCUT2D eigenvalue weighted by atomic mass is 10.1. The Hall–Kier alpha value is -2.40. The van der Waals surface area contributed by atoms with Gasteiger partial charge < -0.3 is 9.42 Å². The molecule has 1 aliphatic carbocycles. The third kappa shape index (κ3) is 3.99. The Balaban J connectivity index is 1.49. The van der Waals surface area contributed by atoms with E-state index in [0.29, 0.717) is 24.7 Å². The summed E-state index contributed by atoms with van der Waals surface area (Å²) in [6, 6.07) is 16.1. The minimum Gasteiger partial charge on any atom is -0.360 e. The van der Waals surface area contributed by atoms with E-state index in [-0.39, 0.29) is 5.91 Å². The van der Waals surface area contributed by atoms with Crippen molar-refractivity contribution in [1.82, 2.24) is 10.1 Å². The van der Waals surface area contributed by atoms with Crippen LogP contribution in [0.25, 0.3) is 0 Å². The van der Waals surface area contributed by atoms with Crippen LogP contribution in [0.2, 0.25) is 0 Å². The molecule has 2 aromatic heterocycles. The summed E-state index contributed by atoms with van der Waals surface area (Å²) in [4.78, 5) is 16.0. The Morgan fingerprint density at radius 1 is 1.20 bits per heavy atom. The molecule has 4 nitrogen and oxygen atoms in total. The molecule has 1 aliphatic rings. The number of hydrogen-bond donors (Lipinski definition) is 0. The van der Waals surface area contributed by atoms with Crippen molar-refractivity contribution in [3.63, 3.8) is 0 Å². The van der Waals surface area contributed by atoms with E-state index in [4.69, 9.17) is 4.52 Å². The first-order chi connectivity index (χ1) is 12.3. The molecule has 2 heterocycles. The Morgan fingerprint density at radius 3 is 2.76 bits per heavy atom. The molecule has 0 atom stereocenters. The molecule has 0 N–H and O–H groups in total. The second-order valence-corrected chi connectivity index (χ2v) is 7.46.